The smallest absolute Gasteiger partial charge is 0.292 e. The normalized spacial score (nSPS) is 30.5. The third-order valence-electron chi connectivity index (χ3n) is 10.5. The number of halogens is 1. The number of carbonyl (C=O) groups excluding carboxylic acids is 1. The molecule has 0 radical (unpaired) electrons. The van der Waals surface area contributed by atoms with Gasteiger partial charge in [-0.15, -0.1) is 4.36 Å². The summed E-state index contributed by atoms with van der Waals surface area (Å²) in [7, 11) is -3.02. The Kier molecular flexibility index (Phi) is 6.51. The summed E-state index contributed by atoms with van der Waals surface area (Å²) in [6.45, 7) is 6.82. The number of amides is 1. The van der Waals surface area contributed by atoms with Gasteiger partial charge in [0.15, 0.2) is 11.5 Å². The molecule has 2 aromatic heterocycles. The molecule has 9 rings (SSSR count). The highest BCUT2D eigenvalue weighted by molar-refractivity contribution is 7.92. The molecule has 47 heavy (non-hydrogen) atoms. The summed E-state index contributed by atoms with van der Waals surface area (Å²) in [5.41, 5.74) is 3.63. The molecule has 6 heterocycles. The van der Waals surface area contributed by atoms with Gasteiger partial charge < -0.3 is 23.7 Å². The third-order valence-corrected chi connectivity index (χ3v) is 12.8. The average Bonchev–Trinajstić information content (AvgIpc) is 3.27. The minimum atomic E-state index is -3.02. The highest BCUT2D eigenvalue weighted by Gasteiger charge is 2.58. The van der Waals surface area contributed by atoms with E-state index in [1.54, 1.807) is 25.3 Å². The van der Waals surface area contributed by atoms with E-state index in [0.717, 1.165) is 73.7 Å². The first-order valence-electron chi connectivity index (χ1n) is 16.2. The average molecular weight is 675 g/mol. The molecule has 5 aliphatic rings. The molecular formula is C34H35ClN6O5S. The number of hydrogen-bond donors (Lipinski definition) is 1. The van der Waals surface area contributed by atoms with Crippen LogP contribution >= 0.6 is 11.6 Å². The van der Waals surface area contributed by atoms with Crippen molar-refractivity contribution in [1.82, 2.24) is 19.3 Å². The van der Waals surface area contributed by atoms with Crippen molar-refractivity contribution in [3.05, 3.63) is 71.3 Å². The number of imidazole rings is 1. The molecule has 1 aliphatic carbocycles. The maximum Gasteiger partial charge on any atom is 0.292 e. The van der Waals surface area contributed by atoms with Crippen molar-refractivity contribution in [2.45, 2.75) is 74.8 Å². The summed E-state index contributed by atoms with van der Waals surface area (Å²) in [5.74, 6) is 1.43. The zero-order valence-corrected chi connectivity index (χ0v) is 27.7. The lowest BCUT2D eigenvalue weighted by molar-refractivity contribution is -0.118. The van der Waals surface area contributed by atoms with Crippen LogP contribution in [-0.4, -0.2) is 56.5 Å². The van der Waals surface area contributed by atoms with E-state index in [9.17, 15) is 9.00 Å². The van der Waals surface area contributed by atoms with Crippen LogP contribution in [0.15, 0.2) is 64.0 Å². The molecule has 2 saturated heterocycles. The van der Waals surface area contributed by atoms with Crippen LogP contribution in [0.2, 0.25) is 5.02 Å². The summed E-state index contributed by atoms with van der Waals surface area (Å²) in [5, 5.41) is 0.562. The van der Waals surface area contributed by atoms with Crippen molar-refractivity contribution in [2.24, 2.45) is 9.78 Å². The lowest BCUT2D eigenvalue weighted by Crippen LogP contribution is -2.36. The van der Waals surface area contributed by atoms with Crippen molar-refractivity contribution in [3.8, 4) is 11.5 Å². The van der Waals surface area contributed by atoms with Gasteiger partial charge in [-0.3, -0.25) is 9.78 Å². The molecule has 1 saturated carbocycles. The first kappa shape index (κ1) is 29.4. The van der Waals surface area contributed by atoms with Crippen LogP contribution in [0.1, 0.15) is 57.0 Å². The van der Waals surface area contributed by atoms with Gasteiger partial charge in [0, 0.05) is 38.7 Å². The fourth-order valence-corrected chi connectivity index (χ4v) is 9.52. The number of pyridine rings is 1. The minimum absolute atomic E-state index is 0.131. The lowest BCUT2D eigenvalue weighted by atomic mass is 9.90. The topological polar surface area (TPSA) is 120 Å². The van der Waals surface area contributed by atoms with Crippen LogP contribution in [0.5, 0.6) is 11.5 Å². The van der Waals surface area contributed by atoms with Crippen molar-refractivity contribution in [1.29, 1.82) is 0 Å². The molecule has 4 aliphatic heterocycles. The molecule has 2 aromatic carbocycles. The first-order chi connectivity index (χ1) is 22.6. The Labute approximate surface area is 277 Å². The molecule has 13 heteroatoms. The van der Waals surface area contributed by atoms with Crippen LogP contribution < -0.4 is 19.1 Å². The quantitative estimate of drug-likeness (QED) is 0.283. The molecule has 1 N–H and O–H groups in total. The van der Waals surface area contributed by atoms with Gasteiger partial charge in [-0.2, -0.15) is 0 Å². The Morgan fingerprint density at radius 2 is 1.96 bits per heavy atom. The summed E-state index contributed by atoms with van der Waals surface area (Å²) in [4.78, 5) is 24.7. The number of piperidine rings is 1. The summed E-state index contributed by atoms with van der Waals surface area (Å²) in [6, 6.07) is 14.7. The maximum atomic E-state index is 13.6. The van der Waals surface area contributed by atoms with Gasteiger partial charge in [-0.05, 0) is 80.5 Å². The number of nitrogens with one attached hydrogen (secondary N) is 1. The molecular weight excluding hydrogens is 640 g/mol. The number of fused-ring (bicyclic) bond motifs is 2. The van der Waals surface area contributed by atoms with Crippen LogP contribution in [0.4, 0.5) is 5.69 Å². The van der Waals surface area contributed by atoms with Crippen molar-refractivity contribution < 1.29 is 23.2 Å². The van der Waals surface area contributed by atoms with E-state index in [1.165, 1.54) is 0 Å². The van der Waals surface area contributed by atoms with E-state index in [-0.39, 0.29) is 17.4 Å². The molecule has 5 atom stereocenters. The predicted molar refractivity (Wildman–Crippen MR) is 176 cm³/mol. The predicted octanol–water partition coefficient (Wildman–Crippen LogP) is 5.55. The molecule has 4 aromatic rings. The van der Waals surface area contributed by atoms with Crippen LogP contribution in [-0.2, 0) is 31.8 Å². The number of aromatic nitrogens is 3. The van der Waals surface area contributed by atoms with Crippen LogP contribution in [0.25, 0.3) is 11.0 Å². The first-order valence-corrected chi connectivity index (χ1v) is 18.1. The molecule has 1 spiro atoms. The van der Waals surface area contributed by atoms with Gasteiger partial charge in [0.2, 0.25) is 0 Å². The Morgan fingerprint density at radius 3 is 2.66 bits per heavy atom. The fraction of sp³-hybridized carbons (Fsp3) is 0.441. The van der Waals surface area contributed by atoms with Crippen molar-refractivity contribution in [3.63, 3.8) is 0 Å². The molecule has 1 amide bonds. The van der Waals surface area contributed by atoms with E-state index in [4.69, 9.17) is 30.8 Å². The van der Waals surface area contributed by atoms with Gasteiger partial charge >= 0.3 is 0 Å². The number of ether oxygens (including phenoxy) is 3. The number of carbonyl (C=O) groups is 1. The number of para-hydroxylation sites is 1. The van der Waals surface area contributed by atoms with Gasteiger partial charge in [0.25, 0.3) is 11.7 Å². The second-order valence-corrected chi connectivity index (χ2v) is 15.9. The number of hydrogen-bond acceptors (Lipinski definition) is 8. The van der Waals surface area contributed by atoms with Gasteiger partial charge in [-0.25, -0.2) is 13.9 Å². The van der Waals surface area contributed by atoms with E-state index >= 15 is 0 Å². The number of nitrogens with zero attached hydrogens (tertiary/aromatic N) is 5. The highest BCUT2D eigenvalue weighted by atomic mass is 35.5. The lowest BCUT2D eigenvalue weighted by Gasteiger charge is -2.35. The van der Waals surface area contributed by atoms with Gasteiger partial charge in [0.1, 0.15) is 21.4 Å². The second kappa shape index (κ2) is 10.4. The Hall–Kier alpha value is -3.71. The molecule has 0 bridgehead atoms. The Morgan fingerprint density at radius 1 is 1.13 bits per heavy atom. The second-order valence-electron chi connectivity index (χ2n) is 13.5. The third kappa shape index (κ3) is 4.74. The minimum Gasteiger partial charge on any atom is -0.443 e. The van der Waals surface area contributed by atoms with E-state index in [1.807, 2.05) is 37.3 Å². The molecule has 11 nitrogen and oxygen atoms in total. The number of rotatable bonds is 6. The van der Waals surface area contributed by atoms with Crippen molar-refractivity contribution >= 4 is 44.1 Å². The molecule has 2 unspecified atom stereocenters. The SMILES string of the molecule is C[C@H]1NS(=O)(c2ccc3nc(C4CC45CCN(c4cccc6c4O[C@@](C)(c4ccc(Cl)cn4)O6)CC5)n(C[C@@H]4CCO4)c3c2)=NC1=O. The van der Waals surface area contributed by atoms with Crippen LogP contribution in [0.3, 0.4) is 0 Å². The zero-order valence-electron chi connectivity index (χ0n) is 26.1. The highest BCUT2D eigenvalue weighted by Crippen LogP contribution is 2.65. The summed E-state index contributed by atoms with van der Waals surface area (Å²) < 4.78 is 41.4. The molecule has 244 valence electrons. The van der Waals surface area contributed by atoms with Gasteiger partial charge in [-0.1, -0.05) is 17.7 Å². The van der Waals surface area contributed by atoms with Crippen LogP contribution in [0, 0.1) is 5.41 Å². The molecule has 3 fully saturated rings. The number of benzene rings is 2. The Bertz CT molecular complexity index is 2060. The van der Waals surface area contributed by atoms with Crippen molar-refractivity contribution in [2.75, 3.05) is 24.6 Å². The van der Waals surface area contributed by atoms with Gasteiger partial charge in [0.05, 0.1) is 45.3 Å². The largest absolute Gasteiger partial charge is 0.443 e. The summed E-state index contributed by atoms with van der Waals surface area (Å²) in [6.07, 6.45) is 5.88. The van der Waals surface area contributed by atoms with E-state index < -0.39 is 21.7 Å². The zero-order chi connectivity index (χ0) is 32.1. The standard InChI is InChI=1S/C34H35ClN6O5S/c1-20-32(42)39-47(43,38-20)23-7-8-25-27(16-23)41(19-22-10-15-44-22)31(37-25)24-17-34(24)11-13-40(14-12-34)26-4-3-5-28-30(26)46-33(2,45-28)29-9-6-21(35)18-36-29/h3-9,16,18,20,22,24H,10-15,17,19H2,1-2H3,(H,38,39,42,43)/t20-,22+,24?,33+,47?/m1/s1. The fourth-order valence-electron chi connectivity index (χ4n) is 7.60. The monoisotopic (exact) mass is 674 g/mol. The van der Waals surface area contributed by atoms with E-state index in [0.29, 0.717) is 33.8 Å². The summed E-state index contributed by atoms with van der Waals surface area (Å²) >= 11 is 6.07. The number of anilines is 1. The maximum absolute atomic E-state index is 13.6. The Balaban J connectivity index is 0.970. The van der Waals surface area contributed by atoms with E-state index in [2.05, 4.69) is 29.6 Å².